The third kappa shape index (κ3) is 4.92. The van der Waals surface area contributed by atoms with Crippen LogP contribution in [0.15, 0.2) is 46.9 Å². The number of anilines is 1. The molecule has 1 aromatic heterocycles. The lowest BCUT2D eigenvalue weighted by Crippen LogP contribution is -2.25. The molecule has 0 saturated heterocycles. The Morgan fingerprint density at radius 1 is 1.29 bits per heavy atom. The second-order valence-electron chi connectivity index (χ2n) is 5.40. The maximum atomic E-state index is 12.0. The van der Waals surface area contributed by atoms with E-state index in [-0.39, 0.29) is 18.4 Å². The quantitative estimate of drug-likeness (QED) is 0.599. The Balaban J connectivity index is 1.47. The summed E-state index contributed by atoms with van der Waals surface area (Å²) in [6.07, 6.45) is 3.62. The van der Waals surface area contributed by atoms with Crippen molar-refractivity contribution in [1.82, 2.24) is 5.32 Å². The van der Waals surface area contributed by atoms with Crippen molar-refractivity contribution in [2.24, 2.45) is 5.16 Å². The second-order valence-corrected chi connectivity index (χ2v) is 6.38. The maximum absolute atomic E-state index is 12.0. The van der Waals surface area contributed by atoms with E-state index < -0.39 is 0 Å². The Labute approximate surface area is 143 Å². The van der Waals surface area contributed by atoms with Crippen LogP contribution in [0.1, 0.15) is 28.1 Å². The zero-order chi connectivity index (χ0) is 16.8. The SMILES string of the molecule is O=C(CO/N=C/c1cccs1)Nc1cccc(C(=O)NC2CC2)c1. The van der Waals surface area contributed by atoms with Gasteiger partial charge in [0.25, 0.3) is 11.8 Å². The predicted octanol–water partition coefficient (Wildman–Crippen LogP) is 2.63. The van der Waals surface area contributed by atoms with Crippen molar-refractivity contribution in [2.75, 3.05) is 11.9 Å². The summed E-state index contributed by atoms with van der Waals surface area (Å²) in [6.45, 7) is -0.194. The molecule has 1 saturated carbocycles. The molecule has 2 aromatic rings. The van der Waals surface area contributed by atoms with Crippen LogP contribution < -0.4 is 10.6 Å². The molecule has 1 aliphatic rings. The molecule has 0 spiro atoms. The minimum atomic E-state index is -0.335. The lowest BCUT2D eigenvalue weighted by Gasteiger charge is -2.07. The van der Waals surface area contributed by atoms with E-state index in [2.05, 4.69) is 15.8 Å². The van der Waals surface area contributed by atoms with E-state index >= 15 is 0 Å². The lowest BCUT2D eigenvalue weighted by atomic mass is 10.2. The lowest BCUT2D eigenvalue weighted by molar-refractivity contribution is -0.120. The minimum Gasteiger partial charge on any atom is -0.386 e. The molecule has 7 heteroatoms. The Hall–Kier alpha value is -2.67. The van der Waals surface area contributed by atoms with Gasteiger partial charge in [-0.15, -0.1) is 11.3 Å². The van der Waals surface area contributed by atoms with Crippen molar-refractivity contribution in [2.45, 2.75) is 18.9 Å². The fourth-order valence-corrected chi connectivity index (χ4v) is 2.56. The standard InChI is InChI=1S/C17H17N3O3S/c21-16(11-23-18-10-15-5-2-8-24-15)19-14-4-1-3-12(9-14)17(22)20-13-6-7-13/h1-5,8-10,13H,6-7,11H2,(H,19,21)(H,20,22)/b18-10+. The third-order valence-corrected chi connectivity index (χ3v) is 4.12. The number of hydrogen-bond donors (Lipinski definition) is 2. The van der Waals surface area contributed by atoms with Crippen molar-refractivity contribution in [3.8, 4) is 0 Å². The first kappa shape index (κ1) is 16.2. The summed E-state index contributed by atoms with van der Waals surface area (Å²) in [7, 11) is 0. The van der Waals surface area contributed by atoms with Gasteiger partial charge in [0, 0.05) is 22.2 Å². The van der Waals surface area contributed by atoms with Crippen LogP contribution in [0.2, 0.25) is 0 Å². The minimum absolute atomic E-state index is 0.120. The molecular formula is C17H17N3O3S. The fourth-order valence-electron chi connectivity index (χ4n) is 1.98. The van der Waals surface area contributed by atoms with E-state index in [4.69, 9.17) is 4.84 Å². The Morgan fingerprint density at radius 3 is 2.92 bits per heavy atom. The van der Waals surface area contributed by atoms with E-state index in [0.29, 0.717) is 17.3 Å². The number of hydrogen-bond acceptors (Lipinski definition) is 5. The normalized spacial score (nSPS) is 13.7. The van der Waals surface area contributed by atoms with Crippen LogP contribution in [0, 0.1) is 0 Å². The molecule has 1 fully saturated rings. The van der Waals surface area contributed by atoms with Crippen LogP contribution in [0.25, 0.3) is 0 Å². The van der Waals surface area contributed by atoms with Gasteiger partial charge in [-0.3, -0.25) is 9.59 Å². The van der Waals surface area contributed by atoms with Gasteiger partial charge in [-0.25, -0.2) is 0 Å². The van der Waals surface area contributed by atoms with Crippen molar-refractivity contribution in [1.29, 1.82) is 0 Å². The molecule has 124 valence electrons. The van der Waals surface area contributed by atoms with Crippen molar-refractivity contribution >= 4 is 35.1 Å². The number of oxime groups is 1. The van der Waals surface area contributed by atoms with Crippen LogP contribution in [-0.2, 0) is 9.63 Å². The topological polar surface area (TPSA) is 79.8 Å². The summed E-state index contributed by atoms with van der Waals surface area (Å²) in [5.41, 5.74) is 1.07. The van der Waals surface area contributed by atoms with Gasteiger partial charge in [0.15, 0.2) is 6.61 Å². The van der Waals surface area contributed by atoms with Crippen LogP contribution in [-0.4, -0.2) is 30.7 Å². The van der Waals surface area contributed by atoms with Gasteiger partial charge in [0.1, 0.15) is 0 Å². The Bertz CT molecular complexity index is 739. The van der Waals surface area contributed by atoms with Crippen LogP contribution in [0.3, 0.4) is 0 Å². The highest BCUT2D eigenvalue weighted by molar-refractivity contribution is 7.11. The highest BCUT2D eigenvalue weighted by atomic mass is 32.1. The second kappa shape index (κ2) is 7.74. The molecule has 0 unspecified atom stereocenters. The van der Waals surface area contributed by atoms with Crippen LogP contribution in [0.5, 0.6) is 0 Å². The van der Waals surface area contributed by atoms with E-state index in [1.165, 1.54) is 11.3 Å². The molecule has 3 rings (SSSR count). The van der Waals surface area contributed by atoms with Crippen molar-refractivity contribution in [3.63, 3.8) is 0 Å². The summed E-state index contributed by atoms with van der Waals surface area (Å²) in [5, 5.41) is 11.3. The van der Waals surface area contributed by atoms with E-state index in [0.717, 1.165) is 17.7 Å². The monoisotopic (exact) mass is 343 g/mol. The number of carbonyl (C=O) groups excluding carboxylic acids is 2. The van der Waals surface area contributed by atoms with Crippen molar-refractivity contribution < 1.29 is 14.4 Å². The number of benzene rings is 1. The largest absolute Gasteiger partial charge is 0.386 e. The number of rotatable bonds is 7. The van der Waals surface area contributed by atoms with Gasteiger partial charge < -0.3 is 15.5 Å². The number of thiophene rings is 1. The predicted molar refractivity (Wildman–Crippen MR) is 93.4 cm³/mol. The molecule has 1 aliphatic carbocycles. The summed E-state index contributed by atoms with van der Waals surface area (Å²) in [4.78, 5) is 29.7. The first-order chi connectivity index (χ1) is 11.7. The smallest absolute Gasteiger partial charge is 0.265 e. The molecule has 0 radical (unpaired) electrons. The van der Waals surface area contributed by atoms with Gasteiger partial charge in [0.05, 0.1) is 6.21 Å². The van der Waals surface area contributed by atoms with Crippen LogP contribution in [0.4, 0.5) is 5.69 Å². The number of nitrogens with one attached hydrogen (secondary N) is 2. The molecule has 0 atom stereocenters. The zero-order valence-corrected chi connectivity index (χ0v) is 13.7. The molecule has 0 aliphatic heterocycles. The molecule has 24 heavy (non-hydrogen) atoms. The first-order valence-electron chi connectivity index (χ1n) is 7.60. The van der Waals surface area contributed by atoms with Gasteiger partial charge in [-0.2, -0.15) is 0 Å². The summed E-state index contributed by atoms with van der Waals surface area (Å²) in [5.74, 6) is -0.455. The maximum Gasteiger partial charge on any atom is 0.265 e. The summed E-state index contributed by atoms with van der Waals surface area (Å²) in [6, 6.07) is 10.9. The number of amides is 2. The zero-order valence-electron chi connectivity index (χ0n) is 12.9. The van der Waals surface area contributed by atoms with Gasteiger partial charge in [-0.05, 0) is 42.5 Å². The third-order valence-electron chi connectivity index (χ3n) is 3.31. The molecule has 1 heterocycles. The van der Waals surface area contributed by atoms with Crippen molar-refractivity contribution in [3.05, 3.63) is 52.2 Å². The number of carbonyl (C=O) groups is 2. The van der Waals surface area contributed by atoms with Crippen LogP contribution >= 0.6 is 11.3 Å². The molecule has 0 bridgehead atoms. The Morgan fingerprint density at radius 2 is 2.17 bits per heavy atom. The first-order valence-corrected chi connectivity index (χ1v) is 8.48. The average molecular weight is 343 g/mol. The van der Waals surface area contributed by atoms with Gasteiger partial charge in [-0.1, -0.05) is 17.3 Å². The van der Waals surface area contributed by atoms with E-state index in [1.807, 2.05) is 17.5 Å². The Kier molecular flexibility index (Phi) is 5.22. The van der Waals surface area contributed by atoms with E-state index in [1.54, 1.807) is 30.5 Å². The summed E-state index contributed by atoms with van der Waals surface area (Å²) < 4.78 is 0. The molecule has 2 amide bonds. The van der Waals surface area contributed by atoms with E-state index in [9.17, 15) is 9.59 Å². The molecular weight excluding hydrogens is 326 g/mol. The summed E-state index contributed by atoms with van der Waals surface area (Å²) >= 11 is 1.53. The van der Waals surface area contributed by atoms with Gasteiger partial charge >= 0.3 is 0 Å². The number of nitrogens with zero attached hydrogens (tertiary/aromatic N) is 1. The fraction of sp³-hybridized carbons (Fsp3) is 0.235. The molecule has 2 N–H and O–H groups in total. The highest BCUT2D eigenvalue weighted by Gasteiger charge is 2.23. The molecule has 1 aromatic carbocycles. The average Bonchev–Trinajstić information content (AvgIpc) is 3.23. The van der Waals surface area contributed by atoms with Gasteiger partial charge in [0.2, 0.25) is 0 Å². The highest BCUT2D eigenvalue weighted by Crippen LogP contribution is 2.20. The molecule has 6 nitrogen and oxygen atoms in total.